The minimum atomic E-state index is -2.77. The van der Waals surface area contributed by atoms with Crippen LogP contribution in [-0.4, -0.2) is 33.1 Å². The third kappa shape index (κ3) is 3.63. The quantitative estimate of drug-likeness (QED) is 0.887. The maximum absolute atomic E-state index is 11.3. The van der Waals surface area contributed by atoms with E-state index >= 15 is 0 Å². The summed E-state index contributed by atoms with van der Waals surface area (Å²) in [6.07, 6.45) is 0.770. The number of rotatable bonds is 5. The van der Waals surface area contributed by atoms with Gasteiger partial charge in [-0.1, -0.05) is 0 Å². The number of benzene rings is 1. The van der Waals surface area contributed by atoms with Gasteiger partial charge in [-0.05, 0) is 43.5 Å². The molecule has 1 atom stereocenters. The number of nitrogens with one attached hydrogen (secondary N) is 1. The Morgan fingerprint density at radius 3 is 2.61 bits per heavy atom. The van der Waals surface area contributed by atoms with E-state index in [0.717, 1.165) is 17.9 Å². The van der Waals surface area contributed by atoms with Crippen molar-refractivity contribution in [1.82, 2.24) is 0 Å². The van der Waals surface area contributed by atoms with E-state index in [-0.39, 0.29) is 5.92 Å². The van der Waals surface area contributed by atoms with Gasteiger partial charge < -0.3 is 10.1 Å². The summed E-state index contributed by atoms with van der Waals surface area (Å²) in [4.78, 5) is 0. The highest BCUT2D eigenvalue weighted by Crippen LogP contribution is 2.20. The van der Waals surface area contributed by atoms with Crippen LogP contribution >= 0.6 is 0 Å². The highest BCUT2D eigenvalue weighted by atomic mass is 32.2. The molecule has 1 aliphatic heterocycles. The molecule has 1 fully saturated rings. The first-order valence-electron chi connectivity index (χ1n) is 6.26. The molecule has 4 nitrogen and oxygen atoms in total. The molecule has 1 aliphatic rings. The average molecular weight is 269 g/mol. The summed E-state index contributed by atoms with van der Waals surface area (Å²) in [5, 5.41) is 3.27. The lowest BCUT2D eigenvalue weighted by atomic mass is 10.1. The first kappa shape index (κ1) is 13.2. The molecule has 0 amide bonds. The summed E-state index contributed by atoms with van der Waals surface area (Å²) in [5.74, 6) is 1.74. The van der Waals surface area contributed by atoms with Gasteiger partial charge in [-0.2, -0.15) is 0 Å². The molecule has 5 heteroatoms. The van der Waals surface area contributed by atoms with Crippen LogP contribution in [0.5, 0.6) is 5.75 Å². The van der Waals surface area contributed by atoms with Gasteiger partial charge in [0.15, 0.2) is 9.84 Å². The van der Waals surface area contributed by atoms with Crippen molar-refractivity contribution < 1.29 is 13.2 Å². The molecule has 0 saturated carbocycles. The van der Waals surface area contributed by atoms with E-state index in [2.05, 4.69) is 5.32 Å². The molecule has 1 aromatic carbocycles. The van der Waals surface area contributed by atoms with Crippen LogP contribution in [0.3, 0.4) is 0 Å². The number of anilines is 1. The van der Waals surface area contributed by atoms with Crippen molar-refractivity contribution in [2.45, 2.75) is 13.3 Å². The van der Waals surface area contributed by atoms with Crippen LogP contribution in [0.15, 0.2) is 24.3 Å². The number of hydrogen-bond donors (Lipinski definition) is 1. The van der Waals surface area contributed by atoms with Crippen LogP contribution in [0.25, 0.3) is 0 Å². The Morgan fingerprint density at radius 1 is 1.33 bits per heavy atom. The molecule has 0 radical (unpaired) electrons. The van der Waals surface area contributed by atoms with E-state index in [1.165, 1.54) is 0 Å². The van der Waals surface area contributed by atoms with Gasteiger partial charge >= 0.3 is 0 Å². The Kier molecular flexibility index (Phi) is 4.11. The van der Waals surface area contributed by atoms with Crippen molar-refractivity contribution in [3.05, 3.63) is 24.3 Å². The van der Waals surface area contributed by atoms with Crippen LogP contribution in [0, 0.1) is 5.92 Å². The highest BCUT2D eigenvalue weighted by Gasteiger charge is 2.27. The van der Waals surface area contributed by atoms with E-state index in [0.29, 0.717) is 24.7 Å². The minimum absolute atomic E-state index is 0.238. The van der Waals surface area contributed by atoms with Gasteiger partial charge in [0.05, 0.1) is 18.1 Å². The number of hydrogen-bond acceptors (Lipinski definition) is 4. The van der Waals surface area contributed by atoms with Crippen LogP contribution in [0.4, 0.5) is 5.69 Å². The van der Waals surface area contributed by atoms with Crippen molar-refractivity contribution in [1.29, 1.82) is 0 Å². The smallest absolute Gasteiger partial charge is 0.150 e. The van der Waals surface area contributed by atoms with Crippen LogP contribution < -0.4 is 10.1 Å². The topological polar surface area (TPSA) is 55.4 Å². The summed E-state index contributed by atoms with van der Waals surface area (Å²) in [5.41, 5.74) is 1.00. The normalized spacial score (nSPS) is 21.7. The predicted octanol–water partition coefficient (Wildman–Crippen LogP) is 1.93. The fourth-order valence-corrected chi connectivity index (χ4v) is 3.99. The van der Waals surface area contributed by atoms with Crippen LogP contribution in [0.1, 0.15) is 13.3 Å². The zero-order chi connectivity index (χ0) is 13.0. The Labute approximate surface area is 108 Å². The number of sulfone groups is 1. The number of ether oxygens (including phenoxy) is 1. The monoisotopic (exact) mass is 269 g/mol. The minimum Gasteiger partial charge on any atom is -0.494 e. The van der Waals surface area contributed by atoms with Crippen molar-refractivity contribution in [2.24, 2.45) is 5.92 Å². The van der Waals surface area contributed by atoms with Crippen molar-refractivity contribution in [3.8, 4) is 5.75 Å². The van der Waals surface area contributed by atoms with E-state index in [1.807, 2.05) is 31.2 Å². The molecule has 1 aromatic rings. The van der Waals surface area contributed by atoms with E-state index in [9.17, 15) is 8.42 Å². The van der Waals surface area contributed by atoms with E-state index in [4.69, 9.17) is 4.74 Å². The van der Waals surface area contributed by atoms with Crippen molar-refractivity contribution in [3.63, 3.8) is 0 Å². The van der Waals surface area contributed by atoms with Gasteiger partial charge in [-0.3, -0.25) is 0 Å². The fraction of sp³-hybridized carbons (Fsp3) is 0.538. The maximum Gasteiger partial charge on any atom is 0.150 e. The summed E-state index contributed by atoms with van der Waals surface area (Å²) in [6.45, 7) is 3.33. The first-order valence-corrected chi connectivity index (χ1v) is 8.08. The van der Waals surface area contributed by atoms with Gasteiger partial charge in [0.2, 0.25) is 0 Å². The Balaban J connectivity index is 1.83. The zero-order valence-electron chi connectivity index (χ0n) is 10.6. The largest absolute Gasteiger partial charge is 0.494 e. The zero-order valence-corrected chi connectivity index (χ0v) is 11.4. The second kappa shape index (κ2) is 5.61. The Bertz CT molecular complexity index is 481. The average Bonchev–Trinajstić information content (AvgIpc) is 2.69. The maximum atomic E-state index is 11.3. The molecule has 1 heterocycles. The van der Waals surface area contributed by atoms with E-state index in [1.54, 1.807) is 0 Å². The third-order valence-corrected chi connectivity index (χ3v) is 4.92. The molecular weight excluding hydrogens is 250 g/mol. The SMILES string of the molecule is CCOc1ccc(NCC2CCS(=O)(=O)C2)cc1. The van der Waals surface area contributed by atoms with E-state index < -0.39 is 9.84 Å². The second-order valence-corrected chi connectivity index (χ2v) is 6.84. The fourth-order valence-electron chi connectivity index (χ4n) is 2.13. The van der Waals surface area contributed by atoms with Gasteiger partial charge in [0, 0.05) is 12.2 Å². The first-order chi connectivity index (χ1) is 8.59. The molecule has 0 aliphatic carbocycles. The summed E-state index contributed by atoms with van der Waals surface area (Å²) >= 11 is 0. The van der Waals surface area contributed by atoms with Crippen LogP contribution in [0.2, 0.25) is 0 Å². The molecule has 100 valence electrons. The Morgan fingerprint density at radius 2 is 2.06 bits per heavy atom. The highest BCUT2D eigenvalue weighted by molar-refractivity contribution is 7.91. The lowest BCUT2D eigenvalue weighted by Crippen LogP contribution is -2.15. The predicted molar refractivity (Wildman–Crippen MR) is 72.9 cm³/mol. The molecule has 1 unspecified atom stereocenters. The standard InChI is InChI=1S/C13H19NO3S/c1-2-17-13-5-3-12(4-6-13)14-9-11-7-8-18(15,16)10-11/h3-6,11,14H,2,7-10H2,1H3. The molecule has 18 heavy (non-hydrogen) atoms. The van der Waals surface area contributed by atoms with Gasteiger partial charge in [0.25, 0.3) is 0 Å². The molecule has 1 N–H and O–H groups in total. The van der Waals surface area contributed by atoms with Crippen molar-refractivity contribution >= 4 is 15.5 Å². The van der Waals surface area contributed by atoms with Gasteiger partial charge in [-0.15, -0.1) is 0 Å². The third-order valence-electron chi connectivity index (χ3n) is 3.09. The van der Waals surface area contributed by atoms with Crippen molar-refractivity contribution in [2.75, 3.05) is 30.0 Å². The van der Waals surface area contributed by atoms with Gasteiger partial charge in [0.1, 0.15) is 5.75 Å². The molecule has 0 spiro atoms. The van der Waals surface area contributed by atoms with Crippen LogP contribution in [-0.2, 0) is 9.84 Å². The van der Waals surface area contributed by atoms with Gasteiger partial charge in [-0.25, -0.2) is 8.42 Å². The molecule has 0 bridgehead atoms. The molecular formula is C13H19NO3S. The second-order valence-electron chi connectivity index (χ2n) is 4.61. The molecule has 1 saturated heterocycles. The summed E-state index contributed by atoms with van der Waals surface area (Å²) < 4.78 is 28.0. The Hall–Kier alpha value is -1.23. The summed E-state index contributed by atoms with van der Waals surface area (Å²) in [7, 11) is -2.77. The lowest BCUT2D eigenvalue weighted by molar-refractivity contribution is 0.340. The molecule has 2 rings (SSSR count). The molecule has 0 aromatic heterocycles. The lowest BCUT2D eigenvalue weighted by Gasteiger charge is -2.11. The summed E-state index contributed by atoms with van der Waals surface area (Å²) in [6, 6.07) is 7.73.